The highest BCUT2D eigenvalue weighted by Crippen LogP contribution is 2.27. The van der Waals surface area contributed by atoms with Crippen LogP contribution in [0.2, 0.25) is 0 Å². The number of sulfonamides is 1. The van der Waals surface area contributed by atoms with Crippen LogP contribution >= 0.6 is 11.6 Å². The first-order valence-electron chi connectivity index (χ1n) is 7.46. The lowest BCUT2D eigenvalue weighted by molar-refractivity contribution is 0.304. The summed E-state index contributed by atoms with van der Waals surface area (Å²) in [4.78, 5) is 0. The van der Waals surface area contributed by atoms with E-state index in [4.69, 9.17) is 11.6 Å². The smallest absolute Gasteiger partial charge is 0.212 e. The van der Waals surface area contributed by atoms with Gasteiger partial charge in [-0.1, -0.05) is 51.1 Å². The van der Waals surface area contributed by atoms with Crippen LogP contribution in [-0.2, 0) is 10.0 Å². The lowest BCUT2D eigenvalue weighted by Gasteiger charge is -2.29. The molecule has 0 aromatic heterocycles. The van der Waals surface area contributed by atoms with Gasteiger partial charge in [-0.2, -0.15) is 0 Å². The Morgan fingerprint density at radius 2 is 1.76 bits per heavy atom. The van der Waals surface area contributed by atoms with Gasteiger partial charge >= 0.3 is 0 Å². The van der Waals surface area contributed by atoms with Gasteiger partial charge in [-0.15, -0.1) is 11.6 Å². The fourth-order valence-electron chi connectivity index (χ4n) is 2.27. The van der Waals surface area contributed by atoms with E-state index in [-0.39, 0.29) is 17.1 Å². The Labute approximate surface area is 134 Å². The molecule has 1 aromatic rings. The summed E-state index contributed by atoms with van der Waals surface area (Å²) >= 11 is 6.02. The molecule has 0 heterocycles. The zero-order chi connectivity index (χ0) is 15.9. The molecule has 0 aliphatic heterocycles. The minimum atomic E-state index is -3.30. The Bertz CT molecular complexity index is 504. The molecule has 0 fully saturated rings. The van der Waals surface area contributed by atoms with Crippen molar-refractivity contribution >= 4 is 21.6 Å². The summed E-state index contributed by atoms with van der Waals surface area (Å²) < 4.78 is 27.3. The molecular formula is C16H26ClNO2S. The van der Waals surface area contributed by atoms with Gasteiger partial charge in [0.2, 0.25) is 10.0 Å². The lowest BCUT2D eigenvalue weighted by Crippen LogP contribution is -2.39. The third-order valence-electron chi connectivity index (χ3n) is 4.29. The minimum absolute atomic E-state index is 0.0302. The molecule has 0 spiro atoms. The second-order valence-electron chi connectivity index (χ2n) is 5.75. The number of alkyl halides is 1. The lowest BCUT2D eigenvalue weighted by atomic mass is 9.85. The summed E-state index contributed by atoms with van der Waals surface area (Å²) in [5, 5.41) is 0. The fourth-order valence-corrected chi connectivity index (χ4v) is 4.23. The zero-order valence-electron chi connectivity index (χ0n) is 13.1. The maximum absolute atomic E-state index is 12.3. The van der Waals surface area contributed by atoms with E-state index in [9.17, 15) is 8.42 Å². The Morgan fingerprint density at radius 1 is 1.19 bits per heavy atom. The first-order chi connectivity index (χ1) is 9.88. The number of benzene rings is 1. The summed E-state index contributed by atoms with van der Waals surface area (Å²) in [6, 6.07) is 9.71. The molecule has 0 aliphatic carbocycles. The van der Waals surface area contributed by atoms with Crippen LogP contribution in [0.4, 0.5) is 0 Å². The molecule has 5 heteroatoms. The third-order valence-corrected chi connectivity index (χ3v) is 6.38. The Balaban J connectivity index is 2.66. The van der Waals surface area contributed by atoms with Crippen LogP contribution in [0.25, 0.3) is 0 Å². The van der Waals surface area contributed by atoms with Gasteiger partial charge in [-0.3, -0.25) is 0 Å². The average Bonchev–Trinajstić information content (AvgIpc) is 2.50. The van der Waals surface area contributed by atoms with Crippen molar-refractivity contribution in [3.8, 4) is 0 Å². The molecule has 120 valence electrons. The van der Waals surface area contributed by atoms with Crippen molar-refractivity contribution in [2.75, 3.05) is 18.2 Å². The average molecular weight is 332 g/mol. The number of halogens is 1. The van der Waals surface area contributed by atoms with Gasteiger partial charge in [0.15, 0.2) is 0 Å². The number of hydrogen-bond acceptors (Lipinski definition) is 2. The van der Waals surface area contributed by atoms with Gasteiger partial charge in [-0.25, -0.2) is 13.1 Å². The predicted molar refractivity (Wildman–Crippen MR) is 90.4 cm³/mol. The molecule has 1 aromatic carbocycles. The minimum Gasteiger partial charge on any atom is -0.215 e. The van der Waals surface area contributed by atoms with Crippen molar-refractivity contribution in [2.24, 2.45) is 5.41 Å². The van der Waals surface area contributed by atoms with Crippen LogP contribution in [0, 0.1) is 5.41 Å². The first-order valence-corrected chi connectivity index (χ1v) is 9.65. The molecule has 0 radical (unpaired) electrons. The van der Waals surface area contributed by atoms with E-state index < -0.39 is 10.0 Å². The van der Waals surface area contributed by atoms with Crippen LogP contribution in [0.5, 0.6) is 0 Å². The normalized spacial score (nSPS) is 14.1. The SMILES string of the molecule is CCC(CC)(CCl)CNS(=O)(=O)CC(C)c1ccccc1. The largest absolute Gasteiger partial charge is 0.215 e. The van der Waals surface area contributed by atoms with Gasteiger partial charge in [0.1, 0.15) is 0 Å². The molecular weight excluding hydrogens is 306 g/mol. The van der Waals surface area contributed by atoms with Crippen molar-refractivity contribution in [2.45, 2.75) is 39.5 Å². The summed E-state index contributed by atoms with van der Waals surface area (Å²) in [6.45, 7) is 6.44. The molecule has 0 aliphatic rings. The van der Waals surface area contributed by atoms with Crippen molar-refractivity contribution in [3.05, 3.63) is 35.9 Å². The zero-order valence-corrected chi connectivity index (χ0v) is 14.7. The molecule has 1 N–H and O–H groups in total. The van der Waals surface area contributed by atoms with E-state index >= 15 is 0 Å². The van der Waals surface area contributed by atoms with E-state index in [1.165, 1.54) is 0 Å². The summed E-state index contributed by atoms with van der Waals surface area (Å²) in [6.07, 6.45) is 1.73. The molecule has 21 heavy (non-hydrogen) atoms. The standard InChI is InChI=1S/C16H26ClNO2S/c1-4-16(5-2,12-17)13-18-21(19,20)11-14(3)15-9-7-6-8-10-15/h6-10,14,18H,4-5,11-13H2,1-3H3. The summed E-state index contributed by atoms with van der Waals surface area (Å²) in [5.41, 5.74) is 0.891. The highest BCUT2D eigenvalue weighted by atomic mass is 35.5. The van der Waals surface area contributed by atoms with Crippen LogP contribution in [0.15, 0.2) is 30.3 Å². The third kappa shape index (κ3) is 5.61. The summed E-state index contributed by atoms with van der Waals surface area (Å²) in [5.74, 6) is 0.539. The maximum Gasteiger partial charge on any atom is 0.212 e. The van der Waals surface area contributed by atoms with Gasteiger partial charge in [0.05, 0.1) is 5.75 Å². The molecule has 3 nitrogen and oxygen atoms in total. The van der Waals surface area contributed by atoms with Crippen LogP contribution in [-0.4, -0.2) is 26.6 Å². The van der Waals surface area contributed by atoms with Gasteiger partial charge < -0.3 is 0 Å². The first kappa shape index (κ1) is 18.5. The maximum atomic E-state index is 12.3. The van der Waals surface area contributed by atoms with Crippen LogP contribution in [0.1, 0.15) is 45.1 Å². The molecule has 1 atom stereocenters. The molecule has 0 amide bonds. The molecule has 0 saturated carbocycles. The summed E-state index contributed by atoms with van der Waals surface area (Å²) in [7, 11) is -3.30. The van der Waals surface area contributed by atoms with Crippen LogP contribution in [0.3, 0.4) is 0 Å². The van der Waals surface area contributed by atoms with Crippen molar-refractivity contribution < 1.29 is 8.42 Å². The highest BCUT2D eigenvalue weighted by Gasteiger charge is 2.27. The highest BCUT2D eigenvalue weighted by molar-refractivity contribution is 7.89. The van der Waals surface area contributed by atoms with Crippen molar-refractivity contribution in [1.29, 1.82) is 0 Å². The van der Waals surface area contributed by atoms with E-state index in [1.54, 1.807) is 0 Å². The Kier molecular flexibility index (Phi) is 7.17. The van der Waals surface area contributed by atoms with E-state index in [0.717, 1.165) is 18.4 Å². The monoisotopic (exact) mass is 331 g/mol. The molecule has 0 bridgehead atoms. The molecule has 1 unspecified atom stereocenters. The van der Waals surface area contributed by atoms with E-state index in [1.807, 2.05) is 51.1 Å². The van der Waals surface area contributed by atoms with E-state index in [0.29, 0.717) is 12.4 Å². The second kappa shape index (κ2) is 8.16. The van der Waals surface area contributed by atoms with Gasteiger partial charge in [-0.05, 0) is 29.7 Å². The van der Waals surface area contributed by atoms with Crippen molar-refractivity contribution in [1.82, 2.24) is 4.72 Å². The molecule has 0 saturated heterocycles. The number of hydrogen-bond donors (Lipinski definition) is 1. The number of nitrogens with one attached hydrogen (secondary N) is 1. The Morgan fingerprint density at radius 3 is 2.24 bits per heavy atom. The number of rotatable bonds is 9. The topological polar surface area (TPSA) is 46.2 Å². The Hall–Kier alpha value is -0.580. The fraction of sp³-hybridized carbons (Fsp3) is 0.625. The van der Waals surface area contributed by atoms with Gasteiger partial charge in [0, 0.05) is 12.4 Å². The van der Waals surface area contributed by atoms with Crippen LogP contribution < -0.4 is 4.72 Å². The quantitative estimate of drug-likeness (QED) is 0.700. The second-order valence-corrected chi connectivity index (χ2v) is 7.87. The van der Waals surface area contributed by atoms with Gasteiger partial charge in [0.25, 0.3) is 0 Å². The van der Waals surface area contributed by atoms with E-state index in [2.05, 4.69) is 4.72 Å². The predicted octanol–water partition coefficient (Wildman–Crippen LogP) is 3.75. The molecule has 1 rings (SSSR count). The van der Waals surface area contributed by atoms with Crippen molar-refractivity contribution in [3.63, 3.8) is 0 Å².